The minimum Gasteiger partial charge on any atom is -0.492 e. The third-order valence-corrected chi connectivity index (χ3v) is 5.28. The second-order valence-corrected chi connectivity index (χ2v) is 7.31. The highest BCUT2D eigenvalue weighted by Crippen LogP contribution is 2.28. The number of benzene rings is 2. The van der Waals surface area contributed by atoms with Crippen molar-refractivity contribution in [1.29, 1.82) is 0 Å². The van der Waals surface area contributed by atoms with E-state index in [-0.39, 0.29) is 4.90 Å². The van der Waals surface area contributed by atoms with Crippen LogP contribution in [0.2, 0.25) is 0 Å². The molecule has 0 aliphatic heterocycles. The van der Waals surface area contributed by atoms with Crippen molar-refractivity contribution in [3.05, 3.63) is 48.0 Å². The normalized spacial score (nSPS) is 11.8. The highest BCUT2D eigenvalue weighted by molar-refractivity contribution is 7.90. The molecule has 0 N–H and O–H groups in total. The lowest BCUT2D eigenvalue weighted by Gasteiger charge is -2.12. The SMILES string of the molecule is CCCCOc1ccc(C)cc1S(=O)(=O)n1nnc2ccccc21. The number of fused-ring (bicyclic) bond motifs is 1. The maximum atomic E-state index is 13.1. The minimum absolute atomic E-state index is 0.106. The zero-order valence-electron chi connectivity index (χ0n) is 13.6. The Hall–Kier alpha value is -2.41. The molecule has 0 saturated carbocycles. The highest BCUT2D eigenvalue weighted by Gasteiger charge is 2.25. The summed E-state index contributed by atoms with van der Waals surface area (Å²) in [6.07, 6.45) is 1.83. The summed E-state index contributed by atoms with van der Waals surface area (Å²) >= 11 is 0. The van der Waals surface area contributed by atoms with Crippen LogP contribution in [0.1, 0.15) is 25.3 Å². The Morgan fingerprint density at radius 1 is 1.17 bits per heavy atom. The van der Waals surface area contributed by atoms with Crippen LogP contribution in [0.4, 0.5) is 0 Å². The molecule has 0 unspecified atom stereocenters. The topological polar surface area (TPSA) is 74.1 Å². The van der Waals surface area contributed by atoms with Gasteiger partial charge in [0.1, 0.15) is 21.7 Å². The van der Waals surface area contributed by atoms with Gasteiger partial charge < -0.3 is 4.74 Å². The molecule has 0 aliphatic rings. The van der Waals surface area contributed by atoms with Crippen molar-refractivity contribution < 1.29 is 13.2 Å². The molecule has 0 bridgehead atoms. The first kappa shape index (κ1) is 16.4. The van der Waals surface area contributed by atoms with Crippen LogP contribution in [-0.4, -0.2) is 29.4 Å². The van der Waals surface area contributed by atoms with Crippen molar-refractivity contribution in [1.82, 2.24) is 14.4 Å². The van der Waals surface area contributed by atoms with E-state index in [0.717, 1.165) is 22.5 Å². The lowest BCUT2D eigenvalue weighted by Crippen LogP contribution is -2.16. The summed E-state index contributed by atoms with van der Waals surface area (Å²) in [5.41, 5.74) is 1.81. The van der Waals surface area contributed by atoms with Crippen molar-refractivity contribution >= 4 is 21.1 Å². The fraction of sp³-hybridized carbons (Fsp3) is 0.294. The molecule has 1 heterocycles. The first-order valence-electron chi connectivity index (χ1n) is 7.83. The van der Waals surface area contributed by atoms with Gasteiger partial charge in [-0.3, -0.25) is 0 Å². The number of aryl methyl sites for hydroxylation is 1. The lowest BCUT2D eigenvalue weighted by molar-refractivity contribution is 0.301. The molecule has 0 atom stereocenters. The van der Waals surface area contributed by atoms with Gasteiger partial charge in [-0.2, -0.15) is 8.42 Å². The standard InChI is InChI=1S/C17H19N3O3S/c1-3-4-11-23-16-10-9-13(2)12-17(16)24(21,22)20-15-8-6-5-7-14(15)18-19-20/h5-10,12H,3-4,11H2,1-2H3. The Labute approximate surface area is 141 Å². The predicted molar refractivity (Wildman–Crippen MR) is 91.7 cm³/mol. The van der Waals surface area contributed by atoms with Gasteiger partial charge in [-0.25, -0.2) is 0 Å². The first-order chi connectivity index (χ1) is 11.5. The van der Waals surface area contributed by atoms with Gasteiger partial charge in [0.25, 0.3) is 10.0 Å². The molecule has 2 aromatic carbocycles. The van der Waals surface area contributed by atoms with Crippen LogP contribution >= 0.6 is 0 Å². The predicted octanol–water partition coefficient (Wildman–Crippen LogP) is 3.16. The monoisotopic (exact) mass is 345 g/mol. The van der Waals surface area contributed by atoms with E-state index in [9.17, 15) is 8.42 Å². The van der Waals surface area contributed by atoms with Crippen LogP contribution in [0, 0.1) is 6.92 Å². The van der Waals surface area contributed by atoms with E-state index in [1.54, 1.807) is 36.4 Å². The van der Waals surface area contributed by atoms with Crippen molar-refractivity contribution in [2.45, 2.75) is 31.6 Å². The molecule has 0 amide bonds. The average Bonchev–Trinajstić information content (AvgIpc) is 3.01. The van der Waals surface area contributed by atoms with Crippen LogP contribution in [0.5, 0.6) is 5.75 Å². The van der Waals surface area contributed by atoms with E-state index in [1.165, 1.54) is 0 Å². The van der Waals surface area contributed by atoms with Gasteiger partial charge in [0.05, 0.1) is 6.61 Å². The van der Waals surface area contributed by atoms with Crippen LogP contribution in [0.3, 0.4) is 0 Å². The van der Waals surface area contributed by atoms with Gasteiger partial charge in [0.2, 0.25) is 0 Å². The van der Waals surface area contributed by atoms with E-state index in [1.807, 2.05) is 13.0 Å². The molecule has 0 saturated heterocycles. The molecule has 7 heteroatoms. The summed E-state index contributed by atoms with van der Waals surface area (Å²) in [6, 6.07) is 12.1. The molecule has 1 aromatic heterocycles. The second-order valence-electron chi connectivity index (χ2n) is 5.58. The Balaban J connectivity index is 2.11. The Bertz CT molecular complexity index is 964. The second kappa shape index (κ2) is 6.60. The average molecular weight is 345 g/mol. The molecule has 6 nitrogen and oxygen atoms in total. The molecule has 24 heavy (non-hydrogen) atoms. The zero-order valence-corrected chi connectivity index (χ0v) is 14.5. The van der Waals surface area contributed by atoms with Gasteiger partial charge in [-0.15, -0.1) is 9.19 Å². The molecular weight excluding hydrogens is 326 g/mol. The summed E-state index contributed by atoms with van der Waals surface area (Å²) in [7, 11) is -3.89. The van der Waals surface area contributed by atoms with Crippen molar-refractivity contribution in [3.63, 3.8) is 0 Å². The van der Waals surface area contributed by atoms with E-state index < -0.39 is 10.0 Å². The number of para-hydroxylation sites is 1. The van der Waals surface area contributed by atoms with E-state index >= 15 is 0 Å². The molecule has 0 spiro atoms. The third-order valence-electron chi connectivity index (χ3n) is 3.68. The molecule has 3 rings (SSSR count). The molecular formula is C17H19N3O3S. The molecule has 0 fully saturated rings. The van der Waals surface area contributed by atoms with Gasteiger partial charge in [-0.05, 0) is 43.2 Å². The fourth-order valence-electron chi connectivity index (χ4n) is 2.38. The molecule has 0 aliphatic carbocycles. The number of hydrogen-bond donors (Lipinski definition) is 0. The number of aromatic nitrogens is 3. The van der Waals surface area contributed by atoms with E-state index in [2.05, 4.69) is 17.2 Å². The van der Waals surface area contributed by atoms with Crippen LogP contribution in [0.15, 0.2) is 47.4 Å². The van der Waals surface area contributed by atoms with E-state index in [0.29, 0.717) is 23.4 Å². The Morgan fingerprint density at radius 3 is 2.75 bits per heavy atom. The summed E-state index contributed by atoms with van der Waals surface area (Å²) in [4.78, 5) is 0.106. The van der Waals surface area contributed by atoms with Gasteiger partial charge in [0, 0.05) is 0 Å². The van der Waals surface area contributed by atoms with Crippen LogP contribution in [-0.2, 0) is 10.0 Å². The quantitative estimate of drug-likeness (QED) is 0.642. The summed E-state index contributed by atoms with van der Waals surface area (Å²) in [5.74, 6) is 0.341. The molecule has 0 radical (unpaired) electrons. The maximum absolute atomic E-state index is 13.1. The summed E-state index contributed by atoms with van der Waals surface area (Å²) < 4.78 is 32.8. The number of hydrogen-bond acceptors (Lipinski definition) is 5. The van der Waals surface area contributed by atoms with Gasteiger partial charge >= 0.3 is 0 Å². The van der Waals surface area contributed by atoms with Crippen molar-refractivity contribution in [3.8, 4) is 5.75 Å². The molecule has 126 valence electrons. The van der Waals surface area contributed by atoms with Crippen molar-refractivity contribution in [2.75, 3.05) is 6.61 Å². The Morgan fingerprint density at radius 2 is 1.96 bits per heavy atom. The van der Waals surface area contributed by atoms with Gasteiger partial charge in [-0.1, -0.05) is 36.8 Å². The first-order valence-corrected chi connectivity index (χ1v) is 9.27. The number of ether oxygens (including phenoxy) is 1. The van der Waals surface area contributed by atoms with E-state index in [4.69, 9.17) is 4.74 Å². The fourth-order valence-corrected chi connectivity index (χ4v) is 3.83. The largest absolute Gasteiger partial charge is 0.492 e. The highest BCUT2D eigenvalue weighted by atomic mass is 32.2. The number of nitrogens with zero attached hydrogens (tertiary/aromatic N) is 3. The molecule has 3 aromatic rings. The lowest BCUT2D eigenvalue weighted by atomic mass is 10.2. The van der Waals surface area contributed by atoms with Gasteiger partial charge in [0.15, 0.2) is 0 Å². The van der Waals surface area contributed by atoms with Crippen molar-refractivity contribution in [2.24, 2.45) is 0 Å². The number of rotatable bonds is 6. The number of unbranched alkanes of at least 4 members (excludes halogenated alkanes) is 1. The smallest absolute Gasteiger partial charge is 0.288 e. The minimum atomic E-state index is -3.89. The van der Waals surface area contributed by atoms with Crippen LogP contribution in [0.25, 0.3) is 11.0 Å². The van der Waals surface area contributed by atoms with Crippen LogP contribution < -0.4 is 4.74 Å². The zero-order chi connectivity index (χ0) is 17.2. The summed E-state index contributed by atoms with van der Waals surface area (Å²) in [5, 5.41) is 7.76. The summed E-state index contributed by atoms with van der Waals surface area (Å²) in [6.45, 7) is 4.37. The maximum Gasteiger partial charge on any atom is 0.288 e. The third kappa shape index (κ3) is 2.99. The Kier molecular flexibility index (Phi) is 4.53.